The Labute approximate surface area is 84.3 Å². The van der Waals surface area contributed by atoms with Crippen LogP contribution in [-0.2, 0) is 14.3 Å². The van der Waals surface area contributed by atoms with Gasteiger partial charge < -0.3 is 9.47 Å². The van der Waals surface area contributed by atoms with Crippen LogP contribution in [0.4, 0.5) is 0 Å². The van der Waals surface area contributed by atoms with E-state index in [9.17, 15) is 4.79 Å². The van der Waals surface area contributed by atoms with Gasteiger partial charge in [-0.2, -0.15) is 0 Å². The van der Waals surface area contributed by atoms with Gasteiger partial charge in [-0.3, -0.25) is 9.79 Å². The lowest BCUT2D eigenvalue weighted by Gasteiger charge is -2.23. The average molecular weight is 199 g/mol. The van der Waals surface area contributed by atoms with E-state index in [1.165, 1.54) is 7.11 Å². The number of aliphatic imine (C=N–C) groups is 1. The van der Waals surface area contributed by atoms with Crippen LogP contribution < -0.4 is 0 Å². The predicted molar refractivity (Wildman–Crippen MR) is 53.3 cm³/mol. The summed E-state index contributed by atoms with van der Waals surface area (Å²) < 4.78 is 10.0. The predicted octanol–water partition coefficient (Wildman–Crippen LogP) is 1.39. The summed E-state index contributed by atoms with van der Waals surface area (Å²) in [5, 5.41) is 0. The summed E-state index contributed by atoms with van der Waals surface area (Å²) in [6.07, 6.45) is 1.68. The van der Waals surface area contributed by atoms with Crippen molar-refractivity contribution in [1.29, 1.82) is 0 Å². The maximum atomic E-state index is 11.4. The van der Waals surface area contributed by atoms with E-state index in [-0.39, 0.29) is 17.9 Å². The molecule has 0 N–H and O–H groups in total. The molecule has 1 rings (SSSR count). The molecule has 0 fully saturated rings. The third kappa shape index (κ3) is 2.47. The molecule has 0 unspecified atom stereocenters. The van der Waals surface area contributed by atoms with E-state index in [0.29, 0.717) is 12.5 Å². The highest BCUT2D eigenvalue weighted by atomic mass is 16.5. The lowest BCUT2D eigenvalue weighted by Crippen LogP contribution is -2.32. The van der Waals surface area contributed by atoms with Crippen molar-refractivity contribution in [2.75, 3.05) is 13.7 Å². The second kappa shape index (κ2) is 4.98. The second-order valence-electron chi connectivity index (χ2n) is 3.40. The number of methoxy groups -OCH3 is 1. The molecule has 0 saturated carbocycles. The van der Waals surface area contributed by atoms with Crippen molar-refractivity contribution in [3.05, 3.63) is 0 Å². The van der Waals surface area contributed by atoms with Crippen LogP contribution in [0.2, 0.25) is 0 Å². The minimum Gasteiger partial charge on any atom is -0.481 e. The van der Waals surface area contributed by atoms with Gasteiger partial charge in [0.2, 0.25) is 0 Å². The fourth-order valence-corrected chi connectivity index (χ4v) is 1.55. The van der Waals surface area contributed by atoms with Crippen LogP contribution in [0.15, 0.2) is 4.99 Å². The molecule has 1 heterocycles. The van der Waals surface area contributed by atoms with Crippen molar-refractivity contribution < 1.29 is 14.3 Å². The van der Waals surface area contributed by atoms with Gasteiger partial charge in [0.25, 0.3) is 0 Å². The number of rotatable bonds is 2. The molecule has 0 bridgehead atoms. The zero-order chi connectivity index (χ0) is 10.6. The molecule has 4 nitrogen and oxygen atoms in total. The summed E-state index contributed by atoms with van der Waals surface area (Å²) in [5.41, 5.74) is 0. The van der Waals surface area contributed by atoms with Gasteiger partial charge in [0, 0.05) is 0 Å². The molecule has 1 aliphatic heterocycles. The van der Waals surface area contributed by atoms with Crippen LogP contribution in [0.3, 0.4) is 0 Å². The number of hydrogen-bond donors (Lipinski definition) is 0. The van der Waals surface area contributed by atoms with E-state index in [2.05, 4.69) is 4.99 Å². The molecule has 0 aromatic heterocycles. The first-order valence-corrected chi connectivity index (χ1v) is 4.97. The maximum absolute atomic E-state index is 11.4. The summed E-state index contributed by atoms with van der Waals surface area (Å²) in [6, 6.07) is 0.248. The molecular formula is C10H17NO3. The van der Waals surface area contributed by atoms with Gasteiger partial charge in [-0.15, -0.1) is 0 Å². The minimum atomic E-state index is -0.295. The van der Waals surface area contributed by atoms with Gasteiger partial charge in [-0.25, -0.2) is 0 Å². The van der Waals surface area contributed by atoms with E-state index >= 15 is 0 Å². The molecule has 0 aromatic rings. The Morgan fingerprint density at radius 3 is 2.86 bits per heavy atom. The number of ether oxygens (including phenoxy) is 2. The highest BCUT2D eigenvalue weighted by molar-refractivity contribution is 5.98. The van der Waals surface area contributed by atoms with Gasteiger partial charge in [-0.1, -0.05) is 0 Å². The molecule has 1 aliphatic rings. The number of esters is 1. The van der Waals surface area contributed by atoms with Gasteiger partial charge in [0.1, 0.15) is 5.92 Å². The van der Waals surface area contributed by atoms with Crippen LogP contribution in [0.5, 0.6) is 0 Å². The van der Waals surface area contributed by atoms with Gasteiger partial charge in [-0.05, 0) is 26.7 Å². The number of carbonyl (C=O) groups excluding carboxylic acids is 1. The van der Waals surface area contributed by atoms with E-state index in [1.54, 1.807) is 0 Å². The molecule has 0 saturated heterocycles. The minimum absolute atomic E-state index is 0.246. The summed E-state index contributed by atoms with van der Waals surface area (Å²) in [5.74, 6) is -0.00153. The molecule has 0 amide bonds. The van der Waals surface area contributed by atoms with Gasteiger partial charge >= 0.3 is 5.97 Å². The third-order valence-electron chi connectivity index (χ3n) is 2.30. The van der Waals surface area contributed by atoms with E-state index < -0.39 is 0 Å². The summed E-state index contributed by atoms with van der Waals surface area (Å²) in [7, 11) is 1.39. The van der Waals surface area contributed by atoms with Crippen molar-refractivity contribution in [2.45, 2.75) is 32.7 Å². The van der Waals surface area contributed by atoms with Crippen molar-refractivity contribution >= 4 is 11.9 Å². The molecule has 14 heavy (non-hydrogen) atoms. The molecule has 0 aromatic carbocycles. The van der Waals surface area contributed by atoms with Crippen LogP contribution in [0.1, 0.15) is 26.7 Å². The number of nitrogens with zero attached hydrogens (tertiary/aromatic N) is 1. The zero-order valence-electron chi connectivity index (χ0n) is 8.95. The normalized spacial score (nSPS) is 26.6. The lowest BCUT2D eigenvalue weighted by atomic mass is 9.97. The number of carbonyl (C=O) groups is 1. The molecule has 80 valence electrons. The standard InChI is InChI=1S/C10H17NO3/c1-4-14-9-8(10(12)13-3)6-5-7(2)11-9/h7-8H,4-6H2,1-3H3/t7-,8+/m0/s1. The summed E-state index contributed by atoms with van der Waals surface area (Å²) in [6.45, 7) is 4.45. The van der Waals surface area contributed by atoms with Crippen LogP contribution in [0.25, 0.3) is 0 Å². The van der Waals surface area contributed by atoms with Crippen molar-refractivity contribution in [3.8, 4) is 0 Å². The Kier molecular flexibility index (Phi) is 3.92. The Hall–Kier alpha value is -1.06. The quantitative estimate of drug-likeness (QED) is 0.631. The SMILES string of the molecule is CCOC1=N[C@@H](C)CC[C@H]1C(=O)OC. The van der Waals surface area contributed by atoms with Crippen LogP contribution in [-0.4, -0.2) is 31.6 Å². The fourth-order valence-electron chi connectivity index (χ4n) is 1.55. The highest BCUT2D eigenvalue weighted by Crippen LogP contribution is 2.21. The third-order valence-corrected chi connectivity index (χ3v) is 2.30. The van der Waals surface area contributed by atoms with Gasteiger partial charge in [0.05, 0.1) is 19.8 Å². The topological polar surface area (TPSA) is 47.9 Å². The molecule has 4 heteroatoms. The molecule has 0 radical (unpaired) electrons. The Bertz CT molecular complexity index is 238. The van der Waals surface area contributed by atoms with E-state index in [4.69, 9.17) is 9.47 Å². The van der Waals surface area contributed by atoms with Crippen LogP contribution in [0, 0.1) is 5.92 Å². The summed E-state index contributed by atoms with van der Waals surface area (Å²) in [4.78, 5) is 15.7. The maximum Gasteiger partial charge on any atom is 0.318 e. The number of hydrogen-bond acceptors (Lipinski definition) is 4. The molecule has 0 spiro atoms. The highest BCUT2D eigenvalue weighted by Gasteiger charge is 2.30. The fraction of sp³-hybridized carbons (Fsp3) is 0.800. The first kappa shape index (κ1) is 11.0. The summed E-state index contributed by atoms with van der Waals surface area (Å²) >= 11 is 0. The Morgan fingerprint density at radius 1 is 1.57 bits per heavy atom. The Morgan fingerprint density at radius 2 is 2.29 bits per heavy atom. The average Bonchev–Trinajstić information content (AvgIpc) is 2.17. The first-order valence-electron chi connectivity index (χ1n) is 4.97. The van der Waals surface area contributed by atoms with E-state index in [1.807, 2.05) is 13.8 Å². The second-order valence-corrected chi connectivity index (χ2v) is 3.40. The largest absolute Gasteiger partial charge is 0.481 e. The zero-order valence-corrected chi connectivity index (χ0v) is 8.95. The van der Waals surface area contributed by atoms with Crippen molar-refractivity contribution in [3.63, 3.8) is 0 Å². The first-order chi connectivity index (χ1) is 6.69. The smallest absolute Gasteiger partial charge is 0.318 e. The monoisotopic (exact) mass is 199 g/mol. The van der Waals surface area contributed by atoms with Crippen LogP contribution >= 0.6 is 0 Å². The van der Waals surface area contributed by atoms with Gasteiger partial charge in [0.15, 0.2) is 5.90 Å². The lowest BCUT2D eigenvalue weighted by molar-refractivity contribution is -0.143. The van der Waals surface area contributed by atoms with E-state index in [0.717, 1.165) is 12.8 Å². The Balaban J connectivity index is 2.74. The molecular weight excluding hydrogens is 182 g/mol. The molecule has 0 aliphatic carbocycles. The molecule has 2 atom stereocenters. The van der Waals surface area contributed by atoms with Crippen molar-refractivity contribution in [1.82, 2.24) is 0 Å². The van der Waals surface area contributed by atoms with Crippen molar-refractivity contribution in [2.24, 2.45) is 10.9 Å².